The van der Waals surface area contributed by atoms with Crippen LogP contribution in [0.3, 0.4) is 0 Å². The number of hydrogen-bond acceptors (Lipinski definition) is 4. The van der Waals surface area contributed by atoms with Gasteiger partial charge in [0.15, 0.2) is 5.13 Å². The molecule has 5 aromatic rings. The second kappa shape index (κ2) is 8.55. The van der Waals surface area contributed by atoms with Crippen molar-refractivity contribution in [3.63, 3.8) is 0 Å². The number of H-pyrrole nitrogens is 1. The molecule has 0 saturated heterocycles. The molecule has 1 amide bonds. The van der Waals surface area contributed by atoms with E-state index in [0.717, 1.165) is 46.3 Å². The molecule has 3 aromatic heterocycles. The molecule has 0 saturated carbocycles. The van der Waals surface area contributed by atoms with Crippen LogP contribution < -0.4 is 5.32 Å². The number of para-hydroxylation sites is 1. The minimum Gasteiger partial charge on any atom is -0.353 e. The number of pyridine rings is 1. The third kappa shape index (κ3) is 4.14. The average Bonchev–Trinajstić information content (AvgIpc) is 3.36. The van der Waals surface area contributed by atoms with Crippen molar-refractivity contribution in [1.29, 1.82) is 0 Å². The van der Waals surface area contributed by atoms with Gasteiger partial charge < -0.3 is 10.3 Å². The molecule has 0 aliphatic carbocycles. The Morgan fingerprint density at radius 2 is 1.94 bits per heavy atom. The van der Waals surface area contributed by atoms with Crippen molar-refractivity contribution < 1.29 is 4.79 Å². The first kappa shape index (κ1) is 20.4. The van der Waals surface area contributed by atoms with Gasteiger partial charge in [0.1, 0.15) is 0 Å². The number of thiazole rings is 1. The number of fused-ring (bicyclic) bond motifs is 2. The summed E-state index contributed by atoms with van der Waals surface area (Å²) >= 11 is 1.46. The molecule has 0 aliphatic rings. The molecule has 0 fully saturated rings. The van der Waals surface area contributed by atoms with Gasteiger partial charge in [0, 0.05) is 28.1 Å². The maximum absolute atomic E-state index is 12.4. The highest BCUT2D eigenvalue weighted by atomic mass is 32.1. The number of aryl methyl sites for hydroxylation is 3. The lowest BCUT2D eigenvalue weighted by atomic mass is 10.0. The van der Waals surface area contributed by atoms with E-state index in [9.17, 15) is 4.79 Å². The summed E-state index contributed by atoms with van der Waals surface area (Å²) in [6.45, 7) is 4.03. The number of rotatable bonds is 6. The number of hydrogen-bond donors (Lipinski definition) is 2. The first-order chi connectivity index (χ1) is 15.6. The zero-order valence-electron chi connectivity index (χ0n) is 18.1. The number of nitrogens with zero attached hydrogens (tertiary/aromatic N) is 2. The quantitative estimate of drug-likeness (QED) is 0.320. The van der Waals surface area contributed by atoms with E-state index in [1.165, 1.54) is 27.8 Å². The second-order valence-electron chi connectivity index (χ2n) is 8.11. The zero-order chi connectivity index (χ0) is 22.1. The van der Waals surface area contributed by atoms with Gasteiger partial charge in [-0.25, -0.2) is 9.97 Å². The molecule has 5 nitrogen and oxygen atoms in total. The van der Waals surface area contributed by atoms with Crippen LogP contribution in [0.1, 0.15) is 29.7 Å². The lowest BCUT2D eigenvalue weighted by Crippen LogP contribution is -2.11. The van der Waals surface area contributed by atoms with Gasteiger partial charge in [0.2, 0.25) is 5.91 Å². The Kier molecular flexibility index (Phi) is 5.45. The van der Waals surface area contributed by atoms with Crippen molar-refractivity contribution in [2.45, 2.75) is 33.1 Å². The summed E-state index contributed by atoms with van der Waals surface area (Å²) in [4.78, 5) is 25.2. The molecule has 0 bridgehead atoms. The number of carbonyl (C=O) groups excluding carboxylic acids is 1. The highest BCUT2D eigenvalue weighted by Gasteiger charge is 2.16. The van der Waals surface area contributed by atoms with Crippen LogP contribution in [-0.4, -0.2) is 20.9 Å². The normalized spacial score (nSPS) is 11.3. The minimum absolute atomic E-state index is 0.000696. The molecule has 5 rings (SSSR count). The Balaban J connectivity index is 1.42. The van der Waals surface area contributed by atoms with Crippen LogP contribution in [-0.2, 0) is 11.2 Å². The molecule has 2 N–H and O–H groups in total. The van der Waals surface area contributed by atoms with Gasteiger partial charge >= 0.3 is 0 Å². The van der Waals surface area contributed by atoms with Gasteiger partial charge in [-0.05, 0) is 56.5 Å². The Bertz CT molecular complexity index is 1430. The predicted octanol–water partition coefficient (Wildman–Crippen LogP) is 6.42. The molecule has 0 spiro atoms. The van der Waals surface area contributed by atoms with Gasteiger partial charge in [-0.3, -0.25) is 4.79 Å². The van der Waals surface area contributed by atoms with Crippen LogP contribution in [0.25, 0.3) is 33.2 Å². The van der Waals surface area contributed by atoms with E-state index in [2.05, 4.69) is 58.6 Å². The summed E-state index contributed by atoms with van der Waals surface area (Å²) in [5.41, 5.74) is 7.38. The van der Waals surface area contributed by atoms with Gasteiger partial charge in [-0.1, -0.05) is 35.9 Å². The number of benzene rings is 2. The van der Waals surface area contributed by atoms with Crippen molar-refractivity contribution in [2.24, 2.45) is 0 Å². The summed E-state index contributed by atoms with van der Waals surface area (Å²) < 4.78 is 0. The van der Waals surface area contributed by atoms with E-state index in [0.29, 0.717) is 11.6 Å². The van der Waals surface area contributed by atoms with Crippen molar-refractivity contribution in [1.82, 2.24) is 15.0 Å². The highest BCUT2D eigenvalue weighted by molar-refractivity contribution is 7.13. The Morgan fingerprint density at radius 1 is 1.06 bits per heavy atom. The van der Waals surface area contributed by atoms with E-state index >= 15 is 0 Å². The zero-order valence-corrected chi connectivity index (χ0v) is 18.9. The van der Waals surface area contributed by atoms with Crippen LogP contribution in [0.4, 0.5) is 5.13 Å². The first-order valence-electron chi connectivity index (χ1n) is 10.8. The smallest absolute Gasteiger partial charge is 0.226 e. The molecule has 0 radical (unpaired) electrons. The minimum atomic E-state index is 0.000696. The topological polar surface area (TPSA) is 70.7 Å². The predicted molar refractivity (Wildman–Crippen MR) is 132 cm³/mol. The van der Waals surface area contributed by atoms with E-state index in [-0.39, 0.29) is 5.91 Å². The van der Waals surface area contributed by atoms with E-state index in [1.807, 2.05) is 30.5 Å². The fourth-order valence-electron chi connectivity index (χ4n) is 4.06. The van der Waals surface area contributed by atoms with Crippen molar-refractivity contribution in [2.75, 3.05) is 5.32 Å². The lowest BCUT2D eigenvalue weighted by Gasteiger charge is -2.07. The van der Waals surface area contributed by atoms with Gasteiger partial charge in [0.05, 0.1) is 22.6 Å². The molecule has 0 aliphatic heterocycles. The number of anilines is 1. The molecule has 160 valence electrons. The third-order valence-corrected chi connectivity index (χ3v) is 6.49. The molecule has 32 heavy (non-hydrogen) atoms. The monoisotopic (exact) mass is 440 g/mol. The maximum atomic E-state index is 12.4. The third-order valence-electron chi connectivity index (χ3n) is 5.61. The molecular weight excluding hydrogens is 416 g/mol. The van der Waals surface area contributed by atoms with E-state index in [4.69, 9.17) is 4.98 Å². The number of nitrogens with one attached hydrogen (secondary N) is 2. The lowest BCUT2D eigenvalue weighted by molar-refractivity contribution is -0.116. The number of aromatic nitrogens is 3. The van der Waals surface area contributed by atoms with Crippen molar-refractivity contribution in [3.8, 4) is 11.4 Å². The van der Waals surface area contributed by atoms with Crippen LogP contribution in [0.5, 0.6) is 0 Å². The standard InChI is InChI=1S/C26H24N4OS/c1-16-10-12-22-20(14-16)19(7-5-9-24(31)30-26-27-17(2)15-32-26)25(29-22)23-13-11-18-6-3-4-8-21(18)28-23/h3-4,6,8,10-15,29H,5,7,9H2,1-2H3,(H,27,30,31). The second-order valence-corrected chi connectivity index (χ2v) is 8.97. The summed E-state index contributed by atoms with van der Waals surface area (Å²) in [5, 5.41) is 7.83. The van der Waals surface area contributed by atoms with E-state index in [1.54, 1.807) is 0 Å². The van der Waals surface area contributed by atoms with Gasteiger partial charge in [-0.2, -0.15) is 0 Å². The fraction of sp³-hybridized carbons (Fsp3) is 0.192. The number of amides is 1. The van der Waals surface area contributed by atoms with Crippen molar-refractivity contribution >= 4 is 44.2 Å². The molecule has 6 heteroatoms. The SMILES string of the molecule is Cc1ccc2[nH]c(-c3ccc4ccccc4n3)c(CCCC(=O)Nc3nc(C)cs3)c2c1. The molecule has 2 aromatic carbocycles. The maximum Gasteiger partial charge on any atom is 0.226 e. The first-order valence-corrected chi connectivity index (χ1v) is 11.6. The molecule has 0 atom stereocenters. The van der Waals surface area contributed by atoms with Gasteiger partial charge in [-0.15, -0.1) is 11.3 Å². The van der Waals surface area contributed by atoms with Crippen molar-refractivity contribution in [3.05, 3.63) is 76.8 Å². The Morgan fingerprint density at radius 3 is 2.78 bits per heavy atom. The summed E-state index contributed by atoms with van der Waals surface area (Å²) in [6.07, 6.45) is 1.98. The number of aromatic amines is 1. The molecule has 0 unspecified atom stereocenters. The molecule has 3 heterocycles. The largest absolute Gasteiger partial charge is 0.353 e. The van der Waals surface area contributed by atoms with Gasteiger partial charge in [0.25, 0.3) is 0 Å². The van der Waals surface area contributed by atoms with Crippen LogP contribution in [0.15, 0.2) is 60.0 Å². The Labute approximate surface area is 190 Å². The summed E-state index contributed by atoms with van der Waals surface area (Å²) in [5.74, 6) is 0.000696. The fourth-order valence-corrected chi connectivity index (χ4v) is 4.77. The molecular formula is C26H24N4OS. The van der Waals surface area contributed by atoms with Crippen LogP contribution in [0, 0.1) is 13.8 Å². The van der Waals surface area contributed by atoms with Crippen LogP contribution in [0.2, 0.25) is 0 Å². The Hall–Kier alpha value is -3.51. The summed E-state index contributed by atoms with van der Waals surface area (Å²) in [7, 11) is 0. The van der Waals surface area contributed by atoms with E-state index < -0.39 is 0 Å². The summed E-state index contributed by atoms with van der Waals surface area (Å²) in [6, 6.07) is 18.8. The highest BCUT2D eigenvalue weighted by Crippen LogP contribution is 2.32. The number of carbonyl (C=O) groups is 1. The van der Waals surface area contributed by atoms with Crippen LogP contribution >= 0.6 is 11.3 Å². The average molecular weight is 441 g/mol.